The molecule has 0 saturated heterocycles. The fraction of sp³-hybridized carbons (Fsp3) is 0.385. The summed E-state index contributed by atoms with van der Waals surface area (Å²) < 4.78 is 5.59. The van der Waals surface area contributed by atoms with E-state index in [1.807, 2.05) is 6.07 Å². The molecule has 2 rings (SSSR count). The molecule has 1 aliphatic heterocycles. The second kappa shape index (κ2) is 4.39. The third-order valence-corrected chi connectivity index (χ3v) is 2.77. The molecule has 1 aliphatic rings. The van der Waals surface area contributed by atoms with Gasteiger partial charge in [-0.25, -0.2) is 0 Å². The van der Waals surface area contributed by atoms with Crippen molar-refractivity contribution >= 4 is 11.8 Å². The summed E-state index contributed by atoms with van der Waals surface area (Å²) in [4.78, 5) is 2.35. The van der Waals surface area contributed by atoms with Gasteiger partial charge in [-0.05, 0) is 38.1 Å². The maximum absolute atomic E-state index is 5.59. The fourth-order valence-corrected chi connectivity index (χ4v) is 1.97. The van der Waals surface area contributed by atoms with Gasteiger partial charge in [-0.3, -0.25) is 0 Å². The lowest BCUT2D eigenvalue weighted by atomic mass is 10.1. The minimum absolute atomic E-state index is 0.689. The molecule has 0 radical (unpaired) electrons. The summed E-state index contributed by atoms with van der Waals surface area (Å²) in [6.07, 6.45) is 4.22. The van der Waals surface area contributed by atoms with E-state index in [1.165, 1.54) is 11.3 Å². The quantitative estimate of drug-likeness (QED) is 0.749. The van der Waals surface area contributed by atoms with Crippen molar-refractivity contribution in [1.82, 2.24) is 0 Å². The van der Waals surface area contributed by atoms with E-state index in [-0.39, 0.29) is 0 Å². The first-order valence-electron chi connectivity index (χ1n) is 5.54. The minimum atomic E-state index is 0.689. The van der Waals surface area contributed by atoms with E-state index in [9.17, 15) is 0 Å². The van der Waals surface area contributed by atoms with Gasteiger partial charge in [0.05, 0.1) is 0 Å². The highest BCUT2D eigenvalue weighted by Crippen LogP contribution is 2.32. The van der Waals surface area contributed by atoms with Crippen LogP contribution >= 0.6 is 0 Å². The third kappa shape index (κ3) is 1.84. The summed E-state index contributed by atoms with van der Waals surface area (Å²) in [5.41, 5.74) is 2.49. The van der Waals surface area contributed by atoms with E-state index in [1.54, 1.807) is 0 Å². The molecule has 15 heavy (non-hydrogen) atoms. The van der Waals surface area contributed by atoms with Gasteiger partial charge in [0.25, 0.3) is 0 Å². The summed E-state index contributed by atoms with van der Waals surface area (Å²) in [5.74, 6) is 1.00. The molecule has 2 heteroatoms. The lowest BCUT2D eigenvalue weighted by Crippen LogP contribution is -2.23. The molecule has 0 spiro atoms. The van der Waals surface area contributed by atoms with Crippen LogP contribution in [0.5, 0.6) is 5.75 Å². The Labute approximate surface area is 91.2 Å². The van der Waals surface area contributed by atoms with E-state index in [0.29, 0.717) is 6.61 Å². The maximum Gasteiger partial charge on any atom is 0.129 e. The Balaban J connectivity index is 2.44. The molecule has 1 aromatic carbocycles. The van der Waals surface area contributed by atoms with E-state index in [2.05, 4.69) is 43.0 Å². The second-order valence-electron chi connectivity index (χ2n) is 3.57. The SMILES string of the molecule is CCN(CC)c1cccc2c1C=CCO2. The topological polar surface area (TPSA) is 12.5 Å². The molecule has 0 amide bonds. The van der Waals surface area contributed by atoms with Crippen molar-refractivity contribution in [2.75, 3.05) is 24.6 Å². The first kappa shape index (κ1) is 10.1. The van der Waals surface area contributed by atoms with Crippen LogP contribution in [-0.4, -0.2) is 19.7 Å². The van der Waals surface area contributed by atoms with Crippen molar-refractivity contribution in [3.8, 4) is 5.75 Å². The molecular weight excluding hydrogens is 186 g/mol. The molecular formula is C13H17NO. The highest BCUT2D eigenvalue weighted by atomic mass is 16.5. The number of hydrogen-bond donors (Lipinski definition) is 0. The summed E-state index contributed by atoms with van der Waals surface area (Å²) in [7, 11) is 0. The number of ether oxygens (including phenoxy) is 1. The van der Waals surface area contributed by atoms with Gasteiger partial charge in [0.15, 0.2) is 0 Å². The van der Waals surface area contributed by atoms with Crippen LogP contribution in [0.1, 0.15) is 19.4 Å². The molecule has 0 aromatic heterocycles. The van der Waals surface area contributed by atoms with E-state index >= 15 is 0 Å². The Morgan fingerprint density at radius 2 is 2.07 bits per heavy atom. The van der Waals surface area contributed by atoms with Crippen LogP contribution in [0.2, 0.25) is 0 Å². The molecule has 80 valence electrons. The fourth-order valence-electron chi connectivity index (χ4n) is 1.97. The lowest BCUT2D eigenvalue weighted by molar-refractivity contribution is 0.358. The normalized spacial score (nSPS) is 13.2. The number of benzene rings is 1. The largest absolute Gasteiger partial charge is 0.489 e. The molecule has 1 aromatic rings. The average molecular weight is 203 g/mol. The summed E-state index contributed by atoms with van der Waals surface area (Å²) in [6, 6.07) is 6.25. The highest BCUT2D eigenvalue weighted by molar-refractivity contribution is 5.74. The van der Waals surface area contributed by atoms with Crippen molar-refractivity contribution < 1.29 is 4.74 Å². The second-order valence-corrected chi connectivity index (χ2v) is 3.57. The molecule has 0 saturated carbocycles. The summed E-state index contributed by atoms with van der Waals surface area (Å²) >= 11 is 0. The van der Waals surface area contributed by atoms with Gasteiger partial charge in [-0.1, -0.05) is 6.07 Å². The van der Waals surface area contributed by atoms with Crippen molar-refractivity contribution in [2.24, 2.45) is 0 Å². The zero-order chi connectivity index (χ0) is 10.7. The van der Waals surface area contributed by atoms with Crippen LogP contribution in [0.3, 0.4) is 0 Å². The van der Waals surface area contributed by atoms with Crippen LogP contribution in [0, 0.1) is 0 Å². The molecule has 2 nitrogen and oxygen atoms in total. The maximum atomic E-state index is 5.59. The zero-order valence-electron chi connectivity index (χ0n) is 9.36. The zero-order valence-corrected chi connectivity index (χ0v) is 9.36. The van der Waals surface area contributed by atoms with Crippen molar-refractivity contribution in [3.63, 3.8) is 0 Å². The third-order valence-electron chi connectivity index (χ3n) is 2.77. The standard InChI is InChI=1S/C13H17NO/c1-3-14(4-2)12-8-5-9-13-11(12)7-6-10-15-13/h5-9H,3-4,10H2,1-2H3. The molecule has 1 heterocycles. The van der Waals surface area contributed by atoms with Gasteiger partial charge >= 0.3 is 0 Å². The van der Waals surface area contributed by atoms with Gasteiger partial charge < -0.3 is 9.64 Å². The van der Waals surface area contributed by atoms with Gasteiger partial charge in [0, 0.05) is 24.3 Å². The Bertz CT molecular complexity index is 367. The van der Waals surface area contributed by atoms with Crippen molar-refractivity contribution in [1.29, 1.82) is 0 Å². The van der Waals surface area contributed by atoms with Gasteiger partial charge in [-0.15, -0.1) is 0 Å². The Hall–Kier alpha value is -1.44. The van der Waals surface area contributed by atoms with Gasteiger partial charge in [0.1, 0.15) is 12.4 Å². The van der Waals surface area contributed by atoms with Gasteiger partial charge in [0.2, 0.25) is 0 Å². The van der Waals surface area contributed by atoms with Crippen LogP contribution in [0.25, 0.3) is 6.08 Å². The Kier molecular flexibility index (Phi) is 2.95. The number of fused-ring (bicyclic) bond motifs is 1. The number of rotatable bonds is 3. The molecule has 0 unspecified atom stereocenters. The van der Waals surface area contributed by atoms with E-state index < -0.39 is 0 Å². The first-order chi connectivity index (χ1) is 7.36. The smallest absolute Gasteiger partial charge is 0.129 e. The predicted octanol–water partition coefficient (Wildman–Crippen LogP) is 2.94. The predicted molar refractivity (Wildman–Crippen MR) is 64.5 cm³/mol. The average Bonchev–Trinajstić information content (AvgIpc) is 2.31. The number of hydrogen-bond acceptors (Lipinski definition) is 2. The van der Waals surface area contributed by atoms with Crippen LogP contribution in [0.15, 0.2) is 24.3 Å². The molecule has 0 bridgehead atoms. The summed E-state index contributed by atoms with van der Waals surface area (Å²) in [5, 5.41) is 0. The monoisotopic (exact) mass is 203 g/mol. The van der Waals surface area contributed by atoms with Crippen LogP contribution in [-0.2, 0) is 0 Å². The van der Waals surface area contributed by atoms with Crippen LogP contribution < -0.4 is 9.64 Å². The molecule has 0 fully saturated rings. The van der Waals surface area contributed by atoms with Crippen molar-refractivity contribution in [3.05, 3.63) is 29.8 Å². The number of anilines is 1. The highest BCUT2D eigenvalue weighted by Gasteiger charge is 2.12. The lowest BCUT2D eigenvalue weighted by Gasteiger charge is -2.25. The van der Waals surface area contributed by atoms with Crippen molar-refractivity contribution in [2.45, 2.75) is 13.8 Å². The number of nitrogens with zero attached hydrogens (tertiary/aromatic N) is 1. The molecule has 0 aliphatic carbocycles. The Morgan fingerprint density at radius 3 is 2.80 bits per heavy atom. The molecule has 0 N–H and O–H groups in total. The van der Waals surface area contributed by atoms with E-state index in [0.717, 1.165) is 18.8 Å². The molecule has 0 atom stereocenters. The first-order valence-corrected chi connectivity index (χ1v) is 5.54. The minimum Gasteiger partial charge on any atom is -0.489 e. The Morgan fingerprint density at radius 1 is 1.27 bits per heavy atom. The van der Waals surface area contributed by atoms with Gasteiger partial charge in [-0.2, -0.15) is 0 Å². The summed E-state index contributed by atoms with van der Waals surface area (Å²) in [6.45, 7) is 7.10. The van der Waals surface area contributed by atoms with Crippen LogP contribution in [0.4, 0.5) is 5.69 Å². The van der Waals surface area contributed by atoms with E-state index in [4.69, 9.17) is 4.74 Å².